The molecule has 2 N–H and O–H groups in total. The minimum atomic E-state index is -4.70. The van der Waals surface area contributed by atoms with Gasteiger partial charge in [0.1, 0.15) is 22.2 Å². The van der Waals surface area contributed by atoms with E-state index in [1.807, 2.05) is 0 Å². The summed E-state index contributed by atoms with van der Waals surface area (Å²) in [6, 6.07) is 19.5. The summed E-state index contributed by atoms with van der Waals surface area (Å²) in [6.45, 7) is 1.29. The summed E-state index contributed by atoms with van der Waals surface area (Å²) in [5, 5.41) is 29.6. The molecule has 5 rings (SSSR count). The molecule has 0 saturated heterocycles. The lowest BCUT2D eigenvalue weighted by molar-refractivity contribution is -0.432. The van der Waals surface area contributed by atoms with Gasteiger partial charge in [-0.05, 0) is 61.0 Å². The molecule has 0 fully saturated rings. The van der Waals surface area contributed by atoms with Crippen LogP contribution in [0.5, 0.6) is 0 Å². The third kappa shape index (κ3) is 5.69. The quantitative estimate of drug-likeness (QED) is 0.0844. The summed E-state index contributed by atoms with van der Waals surface area (Å²) in [5.74, 6) is -0.298. The van der Waals surface area contributed by atoms with Gasteiger partial charge in [0.05, 0.1) is 41.0 Å². The molecule has 0 spiro atoms. The summed E-state index contributed by atoms with van der Waals surface area (Å²) in [6.07, 6.45) is 0. The van der Waals surface area contributed by atoms with Gasteiger partial charge >= 0.3 is 0 Å². The smallest absolute Gasteiger partial charge is 0.282 e. The predicted octanol–water partition coefficient (Wildman–Crippen LogP) is 5.72. The zero-order chi connectivity index (χ0) is 29.1. The molecule has 206 valence electrons. The topological polar surface area (TPSA) is 189 Å². The molecule has 0 aliphatic carbocycles. The Morgan fingerprint density at radius 2 is 1.78 bits per heavy atom. The molecular weight excluding hydrogens is 572 g/mol. The van der Waals surface area contributed by atoms with E-state index >= 15 is 0 Å². The van der Waals surface area contributed by atoms with E-state index in [1.54, 1.807) is 55.5 Å². The molecule has 0 saturated carbocycles. The molecule has 0 radical (unpaired) electrons. The second kappa shape index (κ2) is 11.5. The molecule has 4 aromatic rings. The van der Waals surface area contributed by atoms with Crippen LogP contribution in [0.1, 0.15) is 23.1 Å². The highest BCUT2D eigenvalue weighted by Crippen LogP contribution is 2.30. The summed E-state index contributed by atoms with van der Waals surface area (Å²) in [4.78, 5) is 22.4. The minimum Gasteiger partial charge on any atom is -0.282 e. The minimum absolute atomic E-state index is 0.0279. The Labute approximate surface area is 236 Å². The van der Waals surface area contributed by atoms with Gasteiger partial charge in [-0.2, -0.15) is 23.9 Å². The maximum absolute atomic E-state index is 13.4. The van der Waals surface area contributed by atoms with Crippen LogP contribution in [0.2, 0.25) is 0 Å². The van der Waals surface area contributed by atoms with Gasteiger partial charge in [0, 0.05) is 10.5 Å². The number of azo groups is 1. The van der Waals surface area contributed by atoms with E-state index in [2.05, 4.69) is 35.6 Å². The fraction of sp³-hybridized carbons (Fsp3) is 0.0769. The molecular formula is C26H18N6O7S2. The van der Waals surface area contributed by atoms with Crippen molar-refractivity contribution >= 4 is 61.8 Å². The number of imidazole rings is 1. The highest BCUT2D eigenvalue weighted by atomic mass is 32.2. The van der Waals surface area contributed by atoms with Crippen molar-refractivity contribution in [3.63, 3.8) is 0 Å². The molecule has 1 aliphatic rings. The molecule has 1 aromatic heterocycles. The number of aliphatic imine (C=N–C) groups is 1. The highest BCUT2D eigenvalue weighted by molar-refractivity contribution is 7.94. The summed E-state index contributed by atoms with van der Waals surface area (Å²) in [7, 11) is -4.70. The van der Waals surface area contributed by atoms with E-state index in [-0.39, 0.29) is 34.9 Å². The Morgan fingerprint density at radius 1 is 1.07 bits per heavy atom. The second-order valence-electron chi connectivity index (χ2n) is 8.53. The number of fused-ring (bicyclic) bond motifs is 3. The third-order valence-electron chi connectivity index (χ3n) is 6.05. The monoisotopic (exact) mass is 590 g/mol. The zero-order valence-corrected chi connectivity index (χ0v) is 22.6. The molecule has 0 amide bonds. The largest absolute Gasteiger partial charge is 0.294 e. The fourth-order valence-corrected chi connectivity index (χ4v) is 5.24. The Balaban J connectivity index is 1.45. The summed E-state index contributed by atoms with van der Waals surface area (Å²) >= 11 is 0.770. The van der Waals surface area contributed by atoms with Gasteiger partial charge in [-0.3, -0.25) is 18.9 Å². The van der Waals surface area contributed by atoms with E-state index in [4.69, 9.17) is 5.26 Å². The number of aromatic nitrogens is 2. The molecule has 3 aromatic carbocycles. The second-order valence-corrected chi connectivity index (χ2v) is 10.7. The lowest BCUT2D eigenvalue weighted by Crippen LogP contribution is -2.29. The Kier molecular flexibility index (Phi) is 7.85. The normalized spacial score (nSPS) is 14.7. The summed E-state index contributed by atoms with van der Waals surface area (Å²) < 4.78 is 40.0. The lowest BCUT2D eigenvalue weighted by atomic mass is 10.0. The van der Waals surface area contributed by atoms with Crippen LogP contribution in [0.3, 0.4) is 0 Å². The van der Waals surface area contributed by atoms with Crippen molar-refractivity contribution in [3.8, 4) is 6.07 Å². The van der Waals surface area contributed by atoms with Crippen LogP contribution in [0.15, 0.2) is 97.3 Å². The number of allylic oxidation sites excluding steroid dienone is 2. The van der Waals surface area contributed by atoms with Gasteiger partial charge in [0.25, 0.3) is 16.0 Å². The van der Waals surface area contributed by atoms with Crippen LogP contribution >= 0.6 is 12.0 Å². The highest BCUT2D eigenvalue weighted by Gasteiger charge is 2.32. The molecule has 0 bridgehead atoms. The predicted molar refractivity (Wildman–Crippen MR) is 147 cm³/mol. The van der Waals surface area contributed by atoms with Gasteiger partial charge in [-0.15, -0.1) is 4.33 Å². The number of para-hydroxylation sites is 2. The molecule has 0 atom stereocenters. The Morgan fingerprint density at radius 3 is 2.49 bits per heavy atom. The van der Waals surface area contributed by atoms with Crippen LogP contribution in [-0.4, -0.2) is 39.4 Å². The average Bonchev–Trinajstić information content (AvgIpc) is 3.35. The van der Waals surface area contributed by atoms with Gasteiger partial charge in [-0.25, -0.2) is 10.2 Å². The van der Waals surface area contributed by atoms with Crippen molar-refractivity contribution in [2.75, 3.05) is 0 Å². The van der Waals surface area contributed by atoms with Crippen molar-refractivity contribution in [2.45, 2.75) is 23.3 Å². The number of carbonyl (C=O) groups is 1. The SMILES string of the molecule is CC1=C(C#N)c2nc3ccccc3n2C(=O)/C1=N/Cc1ccc(N=Nc2ccc(SOOO)cc2)cc1S(=O)(=O)O. The van der Waals surface area contributed by atoms with Crippen molar-refractivity contribution in [1.29, 1.82) is 5.26 Å². The first-order chi connectivity index (χ1) is 19.7. The van der Waals surface area contributed by atoms with E-state index in [9.17, 15) is 23.0 Å². The number of carbonyl (C=O) groups excluding carboxylic acids is 1. The number of benzene rings is 3. The molecule has 15 heteroatoms. The van der Waals surface area contributed by atoms with E-state index < -0.39 is 20.9 Å². The third-order valence-corrected chi connectivity index (χ3v) is 7.58. The molecule has 2 heterocycles. The fourth-order valence-electron chi connectivity index (χ4n) is 4.15. The summed E-state index contributed by atoms with van der Waals surface area (Å²) in [5.41, 5.74) is 2.17. The Bertz CT molecular complexity index is 1920. The van der Waals surface area contributed by atoms with Crippen molar-refractivity contribution in [2.24, 2.45) is 15.2 Å². The van der Waals surface area contributed by atoms with Crippen LogP contribution in [0.4, 0.5) is 11.4 Å². The van der Waals surface area contributed by atoms with Gasteiger partial charge in [-0.1, -0.05) is 23.2 Å². The number of nitriles is 1. The average molecular weight is 591 g/mol. The van der Waals surface area contributed by atoms with Crippen molar-refractivity contribution in [1.82, 2.24) is 9.55 Å². The van der Waals surface area contributed by atoms with E-state index in [1.165, 1.54) is 16.7 Å². The van der Waals surface area contributed by atoms with Crippen LogP contribution in [-0.2, 0) is 26.0 Å². The molecule has 41 heavy (non-hydrogen) atoms. The van der Waals surface area contributed by atoms with Crippen LogP contribution in [0.25, 0.3) is 16.6 Å². The number of hydrogen-bond donors (Lipinski definition) is 2. The first-order valence-corrected chi connectivity index (χ1v) is 13.8. The van der Waals surface area contributed by atoms with Crippen LogP contribution < -0.4 is 0 Å². The first-order valence-electron chi connectivity index (χ1n) is 11.7. The van der Waals surface area contributed by atoms with Gasteiger partial charge in [0.2, 0.25) is 0 Å². The maximum Gasteiger partial charge on any atom is 0.294 e. The number of rotatable bonds is 8. The maximum atomic E-state index is 13.4. The number of hydrogen-bond acceptors (Lipinski definition) is 12. The zero-order valence-electron chi connectivity index (χ0n) is 21.0. The first kappa shape index (κ1) is 28.0. The molecule has 1 aliphatic heterocycles. The standard InChI is InChI=1S/C26H18N6O7S2/c1-15-20(13-27)25-29-21-4-2-3-5-22(21)32(25)26(33)24(15)28-14-16-6-7-18(12-23(16)41(35,36)37)31-30-17-8-10-19(11-9-17)40-39-38-34/h2-12,34H,14H2,1H3,(H,35,36,37)/b28-24+,31-30?. The van der Waals surface area contributed by atoms with E-state index in [0.717, 1.165) is 18.1 Å². The number of nitrogens with zero attached hydrogens (tertiary/aromatic N) is 6. The van der Waals surface area contributed by atoms with Gasteiger partial charge in [0.15, 0.2) is 5.82 Å². The van der Waals surface area contributed by atoms with Gasteiger partial charge < -0.3 is 0 Å². The molecule has 0 unspecified atom stereocenters. The Hall–Kier alpha value is -4.56. The van der Waals surface area contributed by atoms with E-state index in [0.29, 0.717) is 27.2 Å². The van der Waals surface area contributed by atoms with Crippen molar-refractivity contribution in [3.05, 3.63) is 83.7 Å². The van der Waals surface area contributed by atoms with Crippen molar-refractivity contribution < 1.29 is 32.4 Å². The van der Waals surface area contributed by atoms with Crippen LogP contribution in [0, 0.1) is 11.3 Å². The molecule has 13 nitrogen and oxygen atoms in total. The lowest BCUT2D eigenvalue weighted by Gasteiger charge is -2.17.